The van der Waals surface area contributed by atoms with Crippen molar-refractivity contribution in [3.8, 4) is 6.07 Å². The summed E-state index contributed by atoms with van der Waals surface area (Å²) in [6.45, 7) is 7.11. The Kier molecular flexibility index (Phi) is 4.81. The lowest BCUT2D eigenvalue weighted by molar-refractivity contribution is 0.319. The molecule has 0 fully saturated rings. The molecule has 0 saturated heterocycles. The van der Waals surface area contributed by atoms with Gasteiger partial charge in [-0.2, -0.15) is 5.26 Å². The van der Waals surface area contributed by atoms with Crippen molar-refractivity contribution >= 4 is 23.1 Å². The number of fused-ring (bicyclic) bond motifs is 2. The molecule has 0 aliphatic carbocycles. The molecule has 3 rings (SSSR count). The van der Waals surface area contributed by atoms with E-state index in [1.807, 2.05) is 25.6 Å². The molecule has 130 valence electrons. The van der Waals surface area contributed by atoms with Gasteiger partial charge >= 0.3 is 0 Å². The third-order valence-corrected chi connectivity index (χ3v) is 6.09. The molecule has 0 aromatic heterocycles. The Morgan fingerprint density at radius 1 is 1.12 bits per heavy atom. The first-order chi connectivity index (χ1) is 11.8. The van der Waals surface area contributed by atoms with Crippen LogP contribution in [0.3, 0.4) is 0 Å². The second-order valence-electron chi connectivity index (χ2n) is 7.41. The fourth-order valence-electron chi connectivity index (χ4n) is 2.91. The van der Waals surface area contributed by atoms with Crippen molar-refractivity contribution in [2.45, 2.75) is 42.0 Å². The van der Waals surface area contributed by atoms with Crippen LogP contribution in [0, 0.1) is 11.3 Å². The normalized spacial score (nSPS) is 14.7. The van der Waals surface area contributed by atoms with E-state index in [1.54, 1.807) is 0 Å². The molecule has 1 aliphatic rings. The van der Waals surface area contributed by atoms with Crippen LogP contribution in [0.5, 0.6) is 0 Å². The zero-order valence-corrected chi connectivity index (χ0v) is 16.4. The van der Waals surface area contributed by atoms with Gasteiger partial charge < -0.3 is 9.80 Å². The number of likely N-dealkylation sites (N-methyl/N-ethyl adjacent to an activating group) is 1. The number of benzene rings is 2. The first kappa shape index (κ1) is 17.8. The molecule has 4 heteroatoms. The lowest BCUT2D eigenvalue weighted by atomic mass is 9.86. The molecule has 1 unspecified atom stereocenters. The molecule has 1 heterocycles. The van der Waals surface area contributed by atoms with Crippen molar-refractivity contribution in [3.05, 3.63) is 48.0 Å². The zero-order chi connectivity index (χ0) is 18.2. The van der Waals surface area contributed by atoms with Crippen molar-refractivity contribution in [1.82, 2.24) is 4.90 Å². The quantitative estimate of drug-likeness (QED) is 0.772. The summed E-state index contributed by atoms with van der Waals surface area (Å²) in [4.78, 5) is 7.19. The van der Waals surface area contributed by atoms with Crippen molar-refractivity contribution in [2.24, 2.45) is 0 Å². The van der Waals surface area contributed by atoms with Gasteiger partial charge in [0.1, 0.15) is 0 Å². The summed E-state index contributed by atoms with van der Waals surface area (Å²) in [5.41, 5.74) is 3.03. The van der Waals surface area contributed by atoms with Crippen LogP contribution < -0.4 is 4.90 Å². The molecule has 2 aromatic rings. The maximum atomic E-state index is 9.52. The lowest BCUT2D eigenvalue weighted by Gasteiger charge is -2.36. The molecule has 2 aromatic carbocycles. The van der Waals surface area contributed by atoms with Gasteiger partial charge in [-0.05, 0) is 64.7 Å². The summed E-state index contributed by atoms with van der Waals surface area (Å²) < 4.78 is 0. The van der Waals surface area contributed by atoms with E-state index in [4.69, 9.17) is 0 Å². The number of hydrogen-bond acceptors (Lipinski definition) is 4. The zero-order valence-electron chi connectivity index (χ0n) is 15.6. The van der Waals surface area contributed by atoms with Gasteiger partial charge in [-0.25, -0.2) is 0 Å². The minimum Gasteiger partial charge on any atom is -0.338 e. The number of nitriles is 1. The van der Waals surface area contributed by atoms with Crippen LogP contribution in [0.4, 0.5) is 11.4 Å². The molecule has 0 bridgehead atoms. The molecule has 0 N–H and O–H groups in total. The van der Waals surface area contributed by atoms with E-state index < -0.39 is 5.41 Å². The SMILES string of the molecule is CC(CN1c2ccccc2Sc2ccc(C(C)(C)C#N)cc21)N(C)C. The number of para-hydroxylation sites is 1. The molecule has 0 amide bonds. The molecule has 25 heavy (non-hydrogen) atoms. The topological polar surface area (TPSA) is 30.3 Å². The summed E-state index contributed by atoms with van der Waals surface area (Å²) >= 11 is 1.81. The highest BCUT2D eigenvalue weighted by molar-refractivity contribution is 7.99. The van der Waals surface area contributed by atoms with Crippen LogP contribution in [0.2, 0.25) is 0 Å². The Balaban J connectivity index is 2.10. The van der Waals surface area contributed by atoms with Gasteiger partial charge in [-0.1, -0.05) is 30.0 Å². The molecule has 1 atom stereocenters. The van der Waals surface area contributed by atoms with Gasteiger partial charge in [-0.15, -0.1) is 0 Å². The molecular weight excluding hydrogens is 326 g/mol. The first-order valence-electron chi connectivity index (χ1n) is 8.60. The average molecular weight is 352 g/mol. The smallest absolute Gasteiger partial charge is 0.0767 e. The van der Waals surface area contributed by atoms with Crippen LogP contribution in [-0.2, 0) is 5.41 Å². The van der Waals surface area contributed by atoms with Crippen LogP contribution in [0.1, 0.15) is 26.3 Å². The van der Waals surface area contributed by atoms with E-state index in [-0.39, 0.29) is 0 Å². The monoisotopic (exact) mass is 351 g/mol. The van der Waals surface area contributed by atoms with Crippen LogP contribution in [0.15, 0.2) is 52.3 Å². The second-order valence-corrected chi connectivity index (χ2v) is 8.50. The van der Waals surface area contributed by atoms with Gasteiger partial charge in [0.05, 0.1) is 22.9 Å². The summed E-state index contributed by atoms with van der Waals surface area (Å²) in [5, 5.41) is 9.52. The van der Waals surface area contributed by atoms with Crippen molar-refractivity contribution in [3.63, 3.8) is 0 Å². The molecule has 3 nitrogen and oxygen atoms in total. The maximum absolute atomic E-state index is 9.52. The van der Waals surface area contributed by atoms with Crippen molar-refractivity contribution in [2.75, 3.05) is 25.5 Å². The van der Waals surface area contributed by atoms with E-state index >= 15 is 0 Å². The van der Waals surface area contributed by atoms with E-state index in [1.165, 1.54) is 21.2 Å². The van der Waals surface area contributed by atoms with Gasteiger partial charge in [0, 0.05) is 22.4 Å². The molecule has 0 radical (unpaired) electrons. The molecule has 1 aliphatic heterocycles. The van der Waals surface area contributed by atoms with Gasteiger partial charge in [0.15, 0.2) is 0 Å². The van der Waals surface area contributed by atoms with Crippen molar-refractivity contribution < 1.29 is 0 Å². The highest BCUT2D eigenvalue weighted by atomic mass is 32.2. The Hall–Kier alpha value is -1.96. The second kappa shape index (κ2) is 6.74. The summed E-state index contributed by atoms with van der Waals surface area (Å²) in [5.74, 6) is 0. The average Bonchev–Trinajstić information content (AvgIpc) is 2.60. The van der Waals surface area contributed by atoms with Crippen LogP contribution >= 0.6 is 11.8 Å². The number of rotatable bonds is 4. The minimum absolute atomic E-state index is 0.414. The van der Waals surface area contributed by atoms with E-state index in [2.05, 4.69) is 79.4 Å². The fraction of sp³-hybridized carbons (Fsp3) is 0.381. The fourth-order valence-corrected chi connectivity index (χ4v) is 3.98. The standard InChI is InChI=1S/C21H25N3S/c1-15(23(4)5)13-24-17-8-6-7-9-19(17)25-20-11-10-16(12-18(20)24)21(2,3)14-22/h6-12,15H,13H2,1-5H3. The predicted octanol–water partition coefficient (Wildman–Crippen LogP) is 5.04. The van der Waals surface area contributed by atoms with Crippen LogP contribution in [0.25, 0.3) is 0 Å². The maximum Gasteiger partial charge on any atom is 0.0767 e. The lowest BCUT2D eigenvalue weighted by Crippen LogP contribution is -2.37. The van der Waals surface area contributed by atoms with E-state index in [9.17, 15) is 5.26 Å². The Bertz CT molecular complexity index is 820. The van der Waals surface area contributed by atoms with E-state index in [0.717, 1.165) is 12.1 Å². The Morgan fingerprint density at radius 3 is 2.48 bits per heavy atom. The first-order valence-corrected chi connectivity index (χ1v) is 9.42. The molecule has 0 saturated carbocycles. The van der Waals surface area contributed by atoms with Crippen molar-refractivity contribution in [1.29, 1.82) is 5.26 Å². The summed E-state index contributed by atoms with van der Waals surface area (Å²) in [6, 6.07) is 17.9. The highest BCUT2D eigenvalue weighted by Gasteiger charge is 2.28. The van der Waals surface area contributed by atoms with E-state index in [0.29, 0.717) is 6.04 Å². The summed E-state index contributed by atoms with van der Waals surface area (Å²) in [6.07, 6.45) is 0. The molecule has 0 spiro atoms. The Morgan fingerprint density at radius 2 is 1.80 bits per heavy atom. The van der Waals surface area contributed by atoms with Crippen LogP contribution in [-0.4, -0.2) is 31.6 Å². The number of anilines is 2. The number of nitrogens with zero attached hydrogens (tertiary/aromatic N) is 3. The molecular formula is C21H25N3S. The third-order valence-electron chi connectivity index (χ3n) is 4.96. The minimum atomic E-state index is -0.491. The highest BCUT2D eigenvalue weighted by Crippen LogP contribution is 2.49. The number of hydrogen-bond donors (Lipinski definition) is 0. The Labute approximate surface area is 155 Å². The predicted molar refractivity (Wildman–Crippen MR) is 106 cm³/mol. The third kappa shape index (κ3) is 3.40. The van der Waals surface area contributed by atoms with Gasteiger partial charge in [0.2, 0.25) is 0 Å². The largest absolute Gasteiger partial charge is 0.338 e. The summed E-state index contributed by atoms with van der Waals surface area (Å²) in [7, 11) is 4.23. The van der Waals surface area contributed by atoms with Gasteiger partial charge in [-0.3, -0.25) is 0 Å². The van der Waals surface area contributed by atoms with Gasteiger partial charge in [0.25, 0.3) is 0 Å².